The topological polar surface area (TPSA) is 8.88 Å². The Morgan fingerprint density at radius 1 is 0.867 bits per heavy atom. The maximum absolute atomic E-state index is 2.36. The first-order valence-corrected chi connectivity index (χ1v) is 6.96. The summed E-state index contributed by atoms with van der Waals surface area (Å²) in [6, 6.07) is 1.84. The molecule has 2 heteroatoms. The number of hydrogen-bond acceptors (Lipinski definition) is 0. The predicted molar refractivity (Wildman–Crippen MR) is 63.4 cm³/mol. The van der Waals surface area contributed by atoms with E-state index in [1.807, 2.05) is 9.80 Å². The van der Waals surface area contributed by atoms with Crippen LogP contribution in [0.2, 0.25) is 0 Å². The van der Waals surface area contributed by atoms with Crippen LogP contribution in [0.25, 0.3) is 0 Å². The molecule has 0 atom stereocenters. The Bertz CT molecular complexity index is 177. The highest BCUT2D eigenvalue weighted by molar-refractivity contribution is 4.62. The molecule has 2 aliphatic rings. The van der Waals surface area contributed by atoms with Crippen LogP contribution in [-0.2, 0) is 0 Å². The van der Waals surface area contributed by atoms with Crippen LogP contribution in [0.3, 0.4) is 0 Å². The minimum absolute atomic E-state index is 0.835. The Labute approximate surface area is 94.6 Å². The maximum Gasteiger partial charge on any atom is 0.0983 e. The quantitative estimate of drug-likeness (QED) is 0.611. The van der Waals surface area contributed by atoms with Gasteiger partial charge in [0.15, 0.2) is 0 Å². The van der Waals surface area contributed by atoms with E-state index in [4.69, 9.17) is 0 Å². The second-order valence-electron chi connectivity index (χ2n) is 5.81. The molecule has 0 spiro atoms. The number of likely N-dealkylation sites (tertiary alicyclic amines) is 2. The summed E-state index contributed by atoms with van der Waals surface area (Å²) < 4.78 is 0. The number of nitrogens with one attached hydrogen (secondary N) is 2. The van der Waals surface area contributed by atoms with Gasteiger partial charge in [0.1, 0.15) is 0 Å². The van der Waals surface area contributed by atoms with Crippen molar-refractivity contribution in [1.82, 2.24) is 0 Å². The van der Waals surface area contributed by atoms with E-state index in [0.717, 1.165) is 12.1 Å². The fourth-order valence-corrected chi connectivity index (χ4v) is 3.39. The predicted octanol–water partition coefficient (Wildman–Crippen LogP) is -0.489. The highest BCUT2D eigenvalue weighted by atomic mass is 15.2. The second-order valence-corrected chi connectivity index (χ2v) is 5.81. The SMILES string of the molecule is CC(C)[NH+]1CCC([NH+]2CCCCC2)CC1. The molecular formula is C13H28N2+2. The summed E-state index contributed by atoms with van der Waals surface area (Å²) >= 11 is 0. The van der Waals surface area contributed by atoms with E-state index in [1.165, 1.54) is 58.3 Å². The highest BCUT2D eigenvalue weighted by Crippen LogP contribution is 2.01. The number of hydrogen-bond donors (Lipinski definition) is 2. The molecule has 2 saturated heterocycles. The van der Waals surface area contributed by atoms with Crippen LogP contribution in [0, 0.1) is 0 Å². The van der Waals surface area contributed by atoms with E-state index in [0.29, 0.717) is 0 Å². The minimum Gasteiger partial charge on any atom is -0.333 e. The van der Waals surface area contributed by atoms with Crippen LogP contribution in [0.15, 0.2) is 0 Å². The molecule has 0 unspecified atom stereocenters. The maximum atomic E-state index is 2.36. The Hall–Kier alpha value is -0.0800. The van der Waals surface area contributed by atoms with Gasteiger partial charge in [-0.1, -0.05) is 0 Å². The molecule has 0 amide bonds. The molecule has 15 heavy (non-hydrogen) atoms. The summed E-state index contributed by atoms with van der Waals surface area (Å²) in [5.74, 6) is 0. The van der Waals surface area contributed by atoms with E-state index < -0.39 is 0 Å². The van der Waals surface area contributed by atoms with Gasteiger partial charge in [-0.2, -0.15) is 0 Å². The van der Waals surface area contributed by atoms with Gasteiger partial charge in [0.05, 0.1) is 38.3 Å². The molecule has 2 fully saturated rings. The summed E-state index contributed by atoms with van der Waals surface area (Å²) in [5.41, 5.74) is 0. The van der Waals surface area contributed by atoms with Gasteiger partial charge in [0.2, 0.25) is 0 Å². The summed E-state index contributed by atoms with van der Waals surface area (Å²) in [7, 11) is 0. The van der Waals surface area contributed by atoms with E-state index >= 15 is 0 Å². The molecule has 2 rings (SSSR count). The summed E-state index contributed by atoms with van der Waals surface area (Å²) in [4.78, 5) is 3.77. The molecule has 2 N–H and O–H groups in total. The van der Waals surface area contributed by atoms with Crippen LogP contribution in [-0.4, -0.2) is 38.3 Å². The fraction of sp³-hybridized carbons (Fsp3) is 1.00. The van der Waals surface area contributed by atoms with Crippen molar-refractivity contribution in [1.29, 1.82) is 0 Å². The van der Waals surface area contributed by atoms with E-state index in [9.17, 15) is 0 Å². The number of quaternary nitrogens is 2. The van der Waals surface area contributed by atoms with Gasteiger partial charge in [0, 0.05) is 12.8 Å². The average Bonchev–Trinajstić information content (AvgIpc) is 2.30. The Morgan fingerprint density at radius 2 is 1.47 bits per heavy atom. The van der Waals surface area contributed by atoms with Gasteiger partial charge in [-0.3, -0.25) is 0 Å². The standard InChI is InChI=1S/C13H26N2/c1-12(2)14-10-6-13(7-11-14)15-8-4-3-5-9-15/h12-13H,3-11H2,1-2H3/p+2. The largest absolute Gasteiger partial charge is 0.333 e. The zero-order chi connectivity index (χ0) is 10.7. The average molecular weight is 212 g/mol. The normalized spacial score (nSPS) is 34.6. The third kappa shape index (κ3) is 2.94. The lowest BCUT2D eigenvalue weighted by Crippen LogP contribution is -3.22. The number of rotatable bonds is 2. The molecule has 0 aromatic rings. The first kappa shape index (κ1) is 11.4. The van der Waals surface area contributed by atoms with Crippen LogP contribution in [0.4, 0.5) is 0 Å². The molecule has 2 aliphatic heterocycles. The van der Waals surface area contributed by atoms with Crippen LogP contribution in [0.1, 0.15) is 46.0 Å². The molecule has 0 aromatic heterocycles. The van der Waals surface area contributed by atoms with E-state index in [2.05, 4.69) is 13.8 Å². The molecular weight excluding hydrogens is 184 g/mol. The van der Waals surface area contributed by atoms with Crippen molar-refractivity contribution in [3.63, 3.8) is 0 Å². The summed E-state index contributed by atoms with van der Waals surface area (Å²) in [5, 5.41) is 0. The zero-order valence-electron chi connectivity index (χ0n) is 10.5. The van der Waals surface area contributed by atoms with Crippen molar-refractivity contribution in [3.8, 4) is 0 Å². The van der Waals surface area contributed by atoms with E-state index in [-0.39, 0.29) is 0 Å². The van der Waals surface area contributed by atoms with Crippen molar-refractivity contribution in [2.24, 2.45) is 0 Å². The van der Waals surface area contributed by atoms with Crippen molar-refractivity contribution in [3.05, 3.63) is 0 Å². The van der Waals surface area contributed by atoms with Crippen LogP contribution < -0.4 is 9.80 Å². The second kappa shape index (κ2) is 5.31. The van der Waals surface area contributed by atoms with Crippen LogP contribution in [0.5, 0.6) is 0 Å². The van der Waals surface area contributed by atoms with Gasteiger partial charge >= 0.3 is 0 Å². The van der Waals surface area contributed by atoms with Gasteiger partial charge in [0.25, 0.3) is 0 Å². The molecule has 2 nitrogen and oxygen atoms in total. The molecule has 0 aromatic carbocycles. The molecule has 88 valence electrons. The molecule has 0 bridgehead atoms. The zero-order valence-corrected chi connectivity index (χ0v) is 10.5. The fourth-order valence-electron chi connectivity index (χ4n) is 3.39. The van der Waals surface area contributed by atoms with Crippen molar-refractivity contribution < 1.29 is 9.80 Å². The van der Waals surface area contributed by atoms with Crippen molar-refractivity contribution >= 4 is 0 Å². The van der Waals surface area contributed by atoms with Gasteiger partial charge < -0.3 is 9.80 Å². The molecule has 0 saturated carbocycles. The third-order valence-electron chi connectivity index (χ3n) is 4.52. The Morgan fingerprint density at radius 3 is 2.00 bits per heavy atom. The van der Waals surface area contributed by atoms with Crippen molar-refractivity contribution in [2.75, 3.05) is 26.2 Å². The first-order chi connectivity index (χ1) is 7.27. The minimum atomic E-state index is 0.835. The lowest BCUT2D eigenvalue weighted by Gasteiger charge is -2.37. The summed E-state index contributed by atoms with van der Waals surface area (Å²) in [6.45, 7) is 10.5. The monoisotopic (exact) mass is 212 g/mol. The first-order valence-electron chi connectivity index (χ1n) is 6.96. The van der Waals surface area contributed by atoms with Crippen molar-refractivity contribution in [2.45, 2.75) is 58.0 Å². The van der Waals surface area contributed by atoms with E-state index in [1.54, 1.807) is 0 Å². The van der Waals surface area contributed by atoms with Crippen LogP contribution >= 0.6 is 0 Å². The highest BCUT2D eigenvalue weighted by Gasteiger charge is 2.31. The third-order valence-corrected chi connectivity index (χ3v) is 4.52. The lowest BCUT2D eigenvalue weighted by atomic mass is 9.99. The Balaban J connectivity index is 1.77. The molecule has 0 aliphatic carbocycles. The Kier molecular flexibility index (Phi) is 4.04. The van der Waals surface area contributed by atoms with Gasteiger partial charge in [-0.05, 0) is 33.1 Å². The van der Waals surface area contributed by atoms with Gasteiger partial charge in [-0.15, -0.1) is 0 Å². The lowest BCUT2D eigenvalue weighted by molar-refractivity contribution is -0.968. The molecule has 0 radical (unpaired) electrons. The van der Waals surface area contributed by atoms with Gasteiger partial charge in [-0.25, -0.2) is 0 Å². The number of piperidine rings is 2. The molecule has 2 heterocycles. The smallest absolute Gasteiger partial charge is 0.0983 e. The summed E-state index contributed by atoms with van der Waals surface area (Å²) in [6.07, 6.45) is 7.39.